The van der Waals surface area contributed by atoms with Gasteiger partial charge in [-0.3, -0.25) is 0 Å². The molecule has 0 saturated heterocycles. The highest BCUT2D eigenvalue weighted by Crippen LogP contribution is 2.33. The molecule has 8 heteroatoms. The summed E-state index contributed by atoms with van der Waals surface area (Å²) >= 11 is 0. The van der Waals surface area contributed by atoms with Gasteiger partial charge in [-0.15, -0.1) is 0 Å². The number of halogens is 1. The van der Waals surface area contributed by atoms with Crippen LogP contribution in [-0.4, -0.2) is 32.6 Å². The van der Waals surface area contributed by atoms with Gasteiger partial charge in [-0.2, -0.15) is 0 Å². The molecule has 160 valence electrons. The predicted molar refractivity (Wildman–Crippen MR) is 114 cm³/mol. The molecule has 3 heterocycles. The lowest BCUT2D eigenvalue weighted by molar-refractivity contribution is -0.119. The van der Waals surface area contributed by atoms with Crippen LogP contribution in [0.25, 0.3) is 22.6 Å². The van der Waals surface area contributed by atoms with Gasteiger partial charge in [0, 0.05) is 17.8 Å². The van der Waals surface area contributed by atoms with Crippen LogP contribution in [0.1, 0.15) is 44.2 Å². The van der Waals surface area contributed by atoms with Gasteiger partial charge in [0.25, 0.3) is 6.29 Å². The molecule has 0 bridgehead atoms. The van der Waals surface area contributed by atoms with Crippen molar-refractivity contribution in [1.29, 1.82) is 0 Å². The Bertz CT molecular complexity index is 1060. The van der Waals surface area contributed by atoms with Gasteiger partial charge >= 0.3 is 0 Å². The number of benzene rings is 1. The molecule has 2 aromatic heterocycles. The fourth-order valence-corrected chi connectivity index (χ4v) is 3.99. The van der Waals surface area contributed by atoms with E-state index >= 15 is 0 Å². The number of aromatic nitrogens is 4. The van der Waals surface area contributed by atoms with Crippen LogP contribution in [0.2, 0.25) is 0 Å². The van der Waals surface area contributed by atoms with Crippen LogP contribution >= 0.6 is 0 Å². The van der Waals surface area contributed by atoms with Crippen LogP contribution in [0.15, 0.2) is 48.9 Å². The second-order valence-electron chi connectivity index (χ2n) is 7.77. The van der Waals surface area contributed by atoms with Crippen LogP contribution in [0, 0.1) is 5.82 Å². The van der Waals surface area contributed by atoms with Gasteiger partial charge < -0.3 is 19.8 Å². The zero-order valence-corrected chi connectivity index (χ0v) is 17.1. The number of ether oxygens (including phenoxy) is 2. The van der Waals surface area contributed by atoms with Crippen molar-refractivity contribution >= 4 is 5.95 Å². The summed E-state index contributed by atoms with van der Waals surface area (Å²) < 4.78 is 24.7. The minimum absolute atomic E-state index is 0.300. The van der Waals surface area contributed by atoms with Crippen molar-refractivity contribution in [2.45, 2.75) is 44.4 Å². The standard InChI is InChI=1S/C23H24FN5O2/c24-16-9-7-15(8-10-16)19-20(29-21(28-19)22-30-13-4-14-31-22)18-11-12-25-23(27-18)26-17-5-2-1-3-6-17/h4,7-13,17,22H,1-3,5-6,14H2,(H,28,29)(H,25,26,27). The molecule has 3 aromatic rings. The van der Waals surface area contributed by atoms with Crippen molar-refractivity contribution in [2.75, 3.05) is 11.9 Å². The maximum absolute atomic E-state index is 13.5. The summed E-state index contributed by atoms with van der Waals surface area (Å²) in [6, 6.07) is 8.46. The van der Waals surface area contributed by atoms with Crippen LogP contribution in [0.3, 0.4) is 0 Å². The second kappa shape index (κ2) is 8.85. The molecule has 0 spiro atoms. The highest BCUT2D eigenvalue weighted by atomic mass is 19.1. The zero-order valence-electron chi connectivity index (χ0n) is 17.1. The molecule has 1 aliphatic heterocycles. The molecule has 0 amide bonds. The molecule has 1 fully saturated rings. The summed E-state index contributed by atoms with van der Waals surface area (Å²) in [5.41, 5.74) is 2.82. The second-order valence-corrected chi connectivity index (χ2v) is 7.77. The Hall–Kier alpha value is -3.26. The van der Waals surface area contributed by atoms with Gasteiger partial charge in [0.2, 0.25) is 5.95 Å². The maximum Gasteiger partial charge on any atom is 0.258 e. The zero-order chi connectivity index (χ0) is 21.0. The molecule has 7 nitrogen and oxygen atoms in total. The average Bonchev–Trinajstić information content (AvgIpc) is 3.27. The molecular formula is C23H24FN5O2. The number of nitrogens with one attached hydrogen (secondary N) is 2. The minimum Gasteiger partial charge on any atom is -0.465 e. The summed E-state index contributed by atoms with van der Waals surface area (Å²) in [4.78, 5) is 17.2. The van der Waals surface area contributed by atoms with E-state index in [2.05, 4.69) is 15.3 Å². The maximum atomic E-state index is 13.5. The van der Waals surface area contributed by atoms with Gasteiger partial charge in [-0.1, -0.05) is 19.3 Å². The summed E-state index contributed by atoms with van der Waals surface area (Å²) in [6.07, 6.45) is 10.5. The molecule has 1 saturated carbocycles. The lowest BCUT2D eigenvalue weighted by Gasteiger charge is -2.22. The van der Waals surface area contributed by atoms with E-state index in [0.29, 0.717) is 41.5 Å². The molecule has 5 rings (SSSR count). The number of rotatable bonds is 5. The van der Waals surface area contributed by atoms with Gasteiger partial charge in [0.05, 0.1) is 30.0 Å². The Labute approximate surface area is 179 Å². The van der Waals surface area contributed by atoms with Gasteiger partial charge in [0.1, 0.15) is 5.82 Å². The van der Waals surface area contributed by atoms with Crippen LogP contribution in [0.5, 0.6) is 0 Å². The third-order valence-electron chi connectivity index (χ3n) is 5.56. The number of hydrogen-bond donors (Lipinski definition) is 2. The van der Waals surface area contributed by atoms with Crippen LogP contribution in [0.4, 0.5) is 10.3 Å². The van der Waals surface area contributed by atoms with E-state index in [1.54, 1.807) is 30.7 Å². The number of hydrogen-bond acceptors (Lipinski definition) is 6. The largest absolute Gasteiger partial charge is 0.465 e. The topological polar surface area (TPSA) is 85.0 Å². The predicted octanol–water partition coefficient (Wildman–Crippen LogP) is 4.98. The van der Waals surface area contributed by atoms with Gasteiger partial charge in [-0.05, 0) is 49.2 Å². The first kappa shape index (κ1) is 19.7. The third-order valence-corrected chi connectivity index (χ3v) is 5.56. The average molecular weight is 421 g/mol. The Morgan fingerprint density at radius 2 is 1.87 bits per heavy atom. The van der Waals surface area contributed by atoms with Crippen LogP contribution < -0.4 is 5.32 Å². The Morgan fingerprint density at radius 3 is 2.65 bits per heavy atom. The van der Waals surface area contributed by atoms with Gasteiger partial charge in [-0.25, -0.2) is 19.3 Å². The summed E-state index contributed by atoms with van der Waals surface area (Å²) in [5.74, 6) is 0.823. The number of nitrogens with zero attached hydrogens (tertiary/aromatic N) is 3. The monoisotopic (exact) mass is 421 g/mol. The first-order valence-corrected chi connectivity index (χ1v) is 10.6. The lowest BCUT2D eigenvalue weighted by Crippen LogP contribution is -2.23. The molecule has 1 atom stereocenters. The fourth-order valence-electron chi connectivity index (χ4n) is 3.99. The number of H-pyrrole nitrogens is 1. The van der Waals surface area contributed by atoms with E-state index in [0.717, 1.165) is 18.4 Å². The molecular weight excluding hydrogens is 397 g/mol. The highest BCUT2D eigenvalue weighted by Gasteiger charge is 2.24. The highest BCUT2D eigenvalue weighted by molar-refractivity contribution is 5.77. The van der Waals surface area contributed by atoms with Gasteiger partial charge in [0.15, 0.2) is 5.82 Å². The van der Waals surface area contributed by atoms with E-state index in [-0.39, 0.29) is 5.82 Å². The molecule has 1 unspecified atom stereocenters. The molecule has 2 N–H and O–H groups in total. The lowest BCUT2D eigenvalue weighted by atomic mass is 9.96. The van der Waals surface area contributed by atoms with E-state index in [1.165, 1.54) is 31.4 Å². The first-order valence-electron chi connectivity index (χ1n) is 10.6. The van der Waals surface area contributed by atoms with Crippen molar-refractivity contribution in [3.8, 4) is 22.6 Å². The SMILES string of the molecule is Fc1ccc(-c2nc(C3OC=CCO3)[nH]c2-c2ccnc(NC3CCCCC3)n2)cc1. The number of imidazole rings is 1. The first-order chi connectivity index (χ1) is 15.3. The third kappa shape index (κ3) is 4.44. The van der Waals surface area contributed by atoms with Crippen molar-refractivity contribution < 1.29 is 13.9 Å². The number of anilines is 1. The van der Waals surface area contributed by atoms with E-state index in [1.807, 2.05) is 6.07 Å². The van der Waals surface area contributed by atoms with Crippen molar-refractivity contribution in [3.05, 3.63) is 60.5 Å². The van der Waals surface area contributed by atoms with E-state index in [9.17, 15) is 4.39 Å². The summed E-state index contributed by atoms with van der Waals surface area (Å²) in [7, 11) is 0. The fraction of sp³-hybridized carbons (Fsp3) is 0.348. The number of aromatic amines is 1. The molecule has 31 heavy (non-hydrogen) atoms. The van der Waals surface area contributed by atoms with Crippen molar-refractivity contribution in [2.24, 2.45) is 0 Å². The molecule has 0 radical (unpaired) electrons. The quantitative estimate of drug-likeness (QED) is 0.605. The summed E-state index contributed by atoms with van der Waals surface area (Å²) in [5, 5.41) is 3.46. The van der Waals surface area contributed by atoms with E-state index < -0.39 is 6.29 Å². The van der Waals surface area contributed by atoms with Crippen molar-refractivity contribution in [1.82, 2.24) is 19.9 Å². The van der Waals surface area contributed by atoms with Crippen molar-refractivity contribution in [3.63, 3.8) is 0 Å². The van der Waals surface area contributed by atoms with E-state index in [4.69, 9.17) is 19.4 Å². The molecule has 1 aliphatic carbocycles. The minimum atomic E-state index is -0.639. The smallest absolute Gasteiger partial charge is 0.258 e. The summed E-state index contributed by atoms with van der Waals surface area (Å²) in [6.45, 7) is 0.440. The molecule has 1 aromatic carbocycles. The Kier molecular flexibility index (Phi) is 5.62. The normalized spacial score (nSPS) is 19.2. The Balaban J connectivity index is 1.51. The van der Waals surface area contributed by atoms with Crippen LogP contribution in [-0.2, 0) is 9.47 Å². The Morgan fingerprint density at radius 1 is 1.03 bits per heavy atom. The molecule has 2 aliphatic rings.